The van der Waals surface area contributed by atoms with E-state index >= 15 is 0 Å². The molecule has 5 heteroatoms. The van der Waals surface area contributed by atoms with E-state index in [0.29, 0.717) is 25.8 Å². The first kappa shape index (κ1) is 15.6. The minimum absolute atomic E-state index is 0.187. The monoisotopic (exact) mass is 293 g/mol. The Balaban J connectivity index is 1.80. The van der Waals surface area contributed by atoms with Gasteiger partial charge in [0.1, 0.15) is 6.61 Å². The number of para-hydroxylation sites is 2. The van der Waals surface area contributed by atoms with Gasteiger partial charge >= 0.3 is 5.97 Å². The molecule has 0 saturated heterocycles. The maximum atomic E-state index is 10.7. The number of ether oxygens (including phenoxy) is 2. The van der Waals surface area contributed by atoms with Gasteiger partial charge in [0.25, 0.3) is 0 Å². The summed E-state index contributed by atoms with van der Waals surface area (Å²) in [5.74, 6) is 0.750. The van der Waals surface area contributed by atoms with Crippen molar-refractivity contribution in [3.63, 3.8) is 0 Å². The predicted octanol–water partition coefficient (Wildman–Crippen LogP) is 2.40. The topological polar surface area (TPSA) is 59.0 Å². The van der Waals surface area contributed by atoms with Gasteiger partial charge in [-0.15, -0.1) is 0 Å². The number of nitrogens with zero attached hydrogens (tertiary/aromatic N) is 1. The standard InChI is InChI=1S/C16H23NO4/c1-2-20-14-5-3-4-6-15(14)21-12-11-17(13-7-8-13)10-9-16(18)19/h3-6,13H,2,7-12H2,1H3,(H,18,19). The van der Waals surface area contributed by atoms with E-state index in [4.69, 9.17) is 14.6 Å². The quantitative estimate of drug-likeness (QED) is 0.718. The lowest BCUT2D eigenvalue weighted by atomic mass is 10.3. The Morgan fingerprint density at radius 2 is 1.90 bits per heavy atom. The van der Waals surface area contributed by atoms with Crippen LogP contribution in [0.3, 0.4) is 0 Å². The van der Waals surface area contributed by atoms with Crippen LogP contribution in [-0.4, -0.2) is 48.3 Å². The number of hydrogen-bond acceptors (Lipinski definition) is 4. The molecule has 1 aromatic carbocycles. The molecule has 0 heterocycles. The second-order valence-electron chi connectivity index (χ2n) is 5.14. The summed E-state index contributed by atoms with van der Waals surface area (Å²) in [6.45, 7) is 4.43. The third-order valence-corrected chi connectivity index (χ3v) is 3.46. The van der Waals surface area contributed by atoms with E-state index in [1.807, 2.05) is 31.2 Å². The van der Waals surface area contributed by atoms with Crippen LogP contribution in [-0.2, 0) is 4.79 Å². The Bertz CT molecular complexity index is 459. The molecule has 0 spiro atoms. The van der Waals surface area contributed by atoms with Crippen LogP contribution in [0.1, 0.15) is 26.2 Å². The zero-order chi connectivity index (χ0) is 15.1. The first-order valence-corrected chi connectivity index (χ1v) is 7.51. The molecule has 0 aromatic heterocycles. The molecule has 1 fully saturated rings. The molecule has 0 unspecified atom stereocenters. The molecule has 1 aliphatic carbocycles. The fourth-order valence-corrected chi connectivity index (χ4v) is 2.27. The number of hydrogen-bond donors (Lipinski definition) is 1. The van der Waals surface area contributed by atoms with E-state index in [1.54, 1.807) is 0 Å². The van der Waals surface area contributed by atoms with Gasteiger partial charge in [-0.25, -0.2) is 0 Å². The number of rotatable bonds is 10. The van der Waals surface area contributed by atoms with Gasteiger partial charge in [-0.05, 0) is 31.9 Å². The van der Waals surface area contributed by atoms with Crippen molar-refractivity contribution in [1.29, 1.82) is 0 Å². The molecule has 5 nitrogen and oxygen atoms in total. The number of benzene rings is 1. The number of carboxylic acids is 1. The second kappa shape index (κ2) is 7.88. The van der Waals surface area contributed by atoms with Crippen molar-refractivity contribution in [3.8, 4) is 11.5 Å². The predicted molar refractivity (Wildman–Crippen MR) is 80.0 cm³/mol. The van der Waals surface area contributed by atoms with Gasteiger partial charge in [-0.1, -0.05) is 12.1 Å². The summed E-state index contributed by atoms with van der Waals surface area (Å²) in [6, 6.07) is 8.16. The molecule has 116 valence electrons. The van der Waals surface area contributed by atoms with Gasteiger partial charge in [0.15, 0.2) is 11.5 Å². The van der Waals surface area contributed by atoms with Crippen LogP contribution >= 0.6 is 0 Å². The summed E-state index contributed by atoms with van der Waals surface area (Å²) in [5.41, 5.74) is 0. The highest BCUT2D eigenvalue weighted by Crippen LogP contribution is 2.28. The average Bonchev–Trinajstić information content (AvgIpc) is 3.29. The van der Waals surface area contributed by atoms with Crippen molar-refractivity contribution in [2.75, 3.05) is 26.3 Å². The Hall–Kier alpha value is -1.75. The molecule has 1 aromatic rings. The summed E-state index contributed by atoms with van der Waals surface area (Å²) >= 11 is 0. The molecule has 0 atom stereocenters. The summed E-state index contributed by atoms with van der Waals surface area (Å²) in [5, 5.41) is 8.79. The molecular formula is C16H23NO4. The third-order valence-electron chi connectivity index (χ3n) is 3.46. The summed E-state index contributed by atoms with van der Waals surface area (Å²) in [7, 11) is 0. The van der Waals surface area contributed by atoms with Crippen LogP contribution in [0, 0.1) is 0 Å². The van der Waals surface area contributed by atoms with Gasteiger partial charge in [-0.2, -0.15) is 0 Å². The summed E-state index contributed by atoms with van der Waals surface area (Å²) in [4.78, 5) is 12.9. The molecule has 0 amide bonds. The van der Waals surface area contributed by atoms with Crippen LogP contribution in [0.25, 0.3) is 0 Å². The third kappa shape index (κ3) is 5.27. The number of carbonyl (C=O) groups is 1. The second-order valence-corrected chi connectivity index (χ2v) is 5.14. The minimum atomic E-state index is -0.747. The van der Waals surface area contributed by atoms with E-state index < -0.39 is 5.97 Å². The van der Waals surface area contributed by atoms with Crippen molar-refractivity contribution in [3.05, 3.63) is 24.3 Å². The lowest BCUT2D eigenvalue weighted by Crippen LogP contribution is -2.32. The number of aliphatic carboxylic acids is 1. The van der Waals surface area contributed by atoms with Gasteiger partial charge in [0.05, 0.1) is 13.0 Å². The van der Waals surface area contributed by atoms with Crippen molar-refractivity contribution in [1.82, 2.24) is 4.90 Å². The van der Waals surface area contributed by atoms with Crippen molar-refractivity contribution >= 4 is 5.97 Å². The van der Waals surface area contributed by atoms with Crippen LogP contribution in [0.5, 0.6) is 11.5 Å². The van der Waals surface area contributed by atoms with Gasteiger partial charge in [0, 0.05) is 19.1 Å². The zero-order valence-corrected chi connectivity index (χ0v) is 12.5. The molecule has 0 radical (unpaired) electrons. The highest BCUT2D eigenvalue weighted by atomic mass is 16.5. The largest absolute Gasteiger partial charge is 0.490 e. The Labute approximate surface area is 125 Å². The summed E-state index contributed by atoms with van der Waals surface area (Å²) < 4.78 is 11.3. The SMILES string of the molecule is CCOc1ccccc1OCCN(CCC(=O)O)C1CC1. The highest BCUT2D eigenvalue weighted by Gasteiger charge is 2.28. The molecule has 21 heavy (non-hydrogen) atoms. The lowest BCUT2D eigenvalue weighted by molar-refractivity contribution is -0.137. The molecule has 1 N–H and O–H groups in total. The Morgan fingerprint density at radius 1 is 1.24 bits per heavy atom. The minimum Gasteiger partial charge on any atom is -0.490 e. The first-order valence-electron chi connectivity index (χ1n) is 7.51. The fourth-order valence-electron chi connectivity index (χ4n) is 2.27. The molecule has 1 aliphatic rings. The normalized spacial score (nSPS) is 14.2. The lowest BCUT2D eigenvalue weighted by Gasteiger charge is -2.21. The van der Waals surface area contributed by atoms with Crippen LogP contribution in [0.4, 0.5) is 0 Å². The average molecular weight is 293 g/mol. The van der Waals surface area contributed by atoms with E-state index in [9.17, 15) is 4.79 Å². The van der Waals surface area contributed by atoms with Crippen LogP contribution < -0.4 is 9.47 Å². The van der Waals surface area contributed by atoms with Crippen molar-refractivity contribution in [2.45, 2.75) is 32.2 Å². The molecule has 0 bridgehead atoms. The van der Waals surface area contributed by atoms with Gasteiger partial charge in [-0.3, -0.25) is 9.69 Å². The molecule has 1 saturated carbocycles. The van der Waals surface area contributed by atoms with E-state index in [1.165, 1.54) is 0 Å². The van der Waals surface area contributed by atoms with E-state index in [2.05, 4.69) is 4.90 Å². The maximum Gasteiger partial charge on any atom is 0.304 e. The van der Waals surface area contributed by atoms with Crippen molar-refractivity contribution < 1.29 is 19.4 Å². The van der Waals surface area contributed by atoms with Crippen molar-refractivity contribution in [2.24, 2.45) is 0 Å². The fraction of sp³-hybridized carbons (Fsp3) is 0.562. The zero-order valence-electron chi connectivity index (χ0n) is 12.5. The molecule has 2 rings (SSSR count). The molecular weight excluding hydrogens is 270 g/mol. The number of carboxylic acid groups (broad SMARTS) is 1. The van der Waals surface area contributed by atoms with Crippen LogP contribution in [0.2, 0.25) is 0 Å². The highest BCUT2D eigenvalue weighted by molar-refractivity contribution is 5.66. The first-order chi connectivity index (χ1) is 10.2. The summed E-state index contributed by atoms with van der Waals surface area (Å²) in [6.07, 6.45) is 2.51. The van der Waals surface area contributed by atoms with Gasteiger partial charge < -0.3 is 14.6 Å². The van der Waals surface area contributed by atoms with Crippen LogP contribution in [0.15, 0.2) is 24.3 Å². The smallest absolute Gasteiger partial charge is 0.304 e. The van der Waals surface area contributed by atoms with Gasteiger partial charge in [0.2, 0.25) is 0 Å². The Kier molecular flexibility index (Phi) is 5.87. The Morgan fingerprint density at radius 3 is 2.48 bits per heavy atom. The van der Waals surface area contributed by atoms with E-state index in [-0.39, 0.29) is 6.42 Å². The maximum absolute atomic E-state index is 10.7. The van der Waals surface area contributed by atoms with E-state index in [0.717, 1.165) is 30.9 Å². The molecule has 0 aliphatic heterocycles.